The average Bonchev–Trinajstić information content (AvgIpc) is 3.40. The minimum absolute atomic E-state index is 0. The molecule has 0 nitrogen and oxygen atoms in total. The zero-order valence-corrected chi connectivity index (χ0v) is 27.6. The fourth-order valence-electron chi connectivity index (χ4n) is 4.28. The van der Waals surface area contributed by atoms with Crippen LogP contribution < -0.4 is 0 Å². The van der Waals surface area contributed by atoms with Gasteiger partial charge in [0.15, 0.2) is 0 Å². The fraction of sp³-hybridized carbons (Fsp3) is 0.188. The molecule has 0 fully saturated rings. The van der Waals surface area contributed by atoms with E-state index in [2.05, 4.69) is 126 Å². The van der Waals surface area contributed by atoms with Crippen molar-refractivity contribution in [3.63, 3.8) is 0 Å². The van der Waals surface area contributed by atoms with Gasteiger partial charge in [0.05, 0.1) is 0 Å². The summed E-state index contributed by atoms with van der Waals surface area (Å²) in [5.74, 6) is 0.631. The molecule has 0 amide bonds. The van der Waals surface area contributed by atoms with Crippen LogP contribution in [-0.4, -0.2) is 6.88 Å². The number of halogens is 2. The van der Waals surface area contributed by atoms with Gasteiger partial charge in [-0.3, -0.25) is 0 Å². The summed E-state index contributed by atoms with van der Waals surface area (Å²) >= 11 is 1.36. The van der Waals surface area contributed by atoms with Crippen LogP contribution in [0.15, 0.2) is 84.9 Å². The van der Waals surface area contributed by atoms with E-state index in [0.29, 0.717) is 5.92 Å². The molecule has 4 heteroatoms. The second-order valence-corrected chi connectivity index (χ2v) is 8.68. The zero-order valence-electron chi connectivity index (χ0n) is 22.5. The number of aryl methyl sites for hydroxylation is 3. The number of hydrogen-bond donors (Lipinski definition) is 0. The van der Waals surface area contributed by atoms with Gasteiger partial charge in [0.2, 0.25) is 0 Å². The first-order chi connectivity index (χ1) is 15.4. The minimum atomic E-state index is 0. The van der Waals surface area contributed by atoms with Crippen molar-refractivity contribution in [3.8, 4) is 11.1 Å². The summed E-state index contributed by atoms with van der Waals surface area (Å²) in [6.45, 7) is 14.1. The molecule has 0 aliphatic heterocycles. The van der Waals surface area contributed by atoms with Crippen molar-refractivity contribution < 1.29 is 23.3 Å². The molecule has 0 bridgehead atoms. The molecule has 2 radical (unpaired) electrons. The second kappa shape index (κ2) is 17.1. The molecule has 0 saturated heterocycles. The molecule has 5 aromatic rings. The first-order valence-corrected chi connectivity index (χ1v) is 15.3. The molecule has 0 unspecified atom stereocenters. The predicted molar refractivity (Wildman–Crippen MR) is 166 cm³/mol. The standard InChI is InChI=1S/C17H15.C13H15.2CH3.2ClH.Si.Zr/c1-12-10-15-9-8-13(2)17(16(15)11-12)14-6-4-3-5-7-14;1-9(2)12-7-11-6-4-5-10(3)13(11)8-12;;;;;;/h3-11H,1-2H3;4-9H,1-3H3;2*1H3;2*1H;;/q4*-1;;;;. The summed E-state index contributed by atoms with van der Waals surface area (Å²) in [5, 5.41) is 5.50. The van der Waals surface area contributed by atoms with Crippen LogP contribution in [0.2, 0.25) is 0 Å². The van der Waals surface area contributed by atoms with Crippen molar-refractivity contribution in [3.05, 3.63) is 122 Å². The van der Waals surface area contributed by atoms with Gasteiger partial charge in [-0.05, 0) is 25.3 Å². The third-order valence-electron chi connectivity index (χ3n) is 5.96. The van der Waals surface area contributed by atoms with E-state index < -0.39 is 0 Å². The molecule has 5 aromatic carbocycles. The summed E-state index contributed by atoms with van der Waals surface area (Å²) in [4.78, 5) is 0. The Morgan fingerprint density at radius 1 is 0.667 bits per heavy atom. The molecule has 0 heterocycles. The summed E-state index contributed by atoms with van der Waals surface area (Å²) < 4.78 is 0. The van der Waals surface area contributed by atoms with Crippen LogP contribution in [0.1, 0.15) is 42.0 Å². The molecule has 0 N–H and O–H groups in total. The Hall–Kier alpha value is -1.44. The Morgan fingerprint density at radius 3 is 1.86 bits per heavy atom. The SMILES string of the molecule is Cc1cc2c(-c3ccccc3)c(C)ccc2[cH-]1.Cc1cccc2[cH-]c(C(C)C)cc12.Cl.Cl.[CH3-].[CH3-].[Si]=[Zr]. The van der Waals surface area contributed by atoms with E-state index in [4.69, 9.17) is 0 Å². The predicted octanol–water partition coefficient (Wildman–Crippen LogP) is 10.2. The maximum absolute atomic E-state index is 3.06. The van der Waals surface area contributed by atoms with E-state index in [1.165, 1.54) is 78.3 Å². The zero-order chi connectivity index (χ0) is 23.3. The Labute approximate surface area is 248 Å². The van der Waals surface area contributed by atoms with Gasteiger partial charge < -0.3 is 14.9 Å². The van der Waals surface area contributed by atoms with Gasteiger partial charge in [-0.15, -0.1) is 93.9 Å². The summed E-state index contributed by atoms with van der Waals surface area (Å²) in [6.07, 6.45) is 0. The molecule has 0 spiro atoms. The number of fused-ring (bicyclic) bond motifs is 2. The van der Waals surface area contributed by atoms with E-state index in [-0.39, 0.29) is 39.7 Å². The molecule has 0 aromatic heterocycles. The van der Waals surface area contributed by atoms with Crippen molar-refractivity contribution >= 4 is 53.2 Å². The van der Waals surface area contributed by atoms with E-state index in [1.807, 2.05) is 0 Å². The topological polar surface area (TPSA) is 0 Å². The maximum atomic E-state index is 3.06. The number of hydrogen-bond acceptors (Lipinski definition) is 0. The van der Waals surface area contributed by atoms with Crippen LogP contribution in [-0.2, 0) is 23.3 Å². The molecule has 192 valence electrons. The Kier molecular flexibility index (Phi) is 17.5. The average molecular weight is 613 g/mol. The summed E-state index contributed by atoms with van der Waals surface area (Å²) in [6, 6.07) is 30.7. The monoisotopic (exact) mass is 610 g/mol. The van der Waals surface area contributed by atoms with E-state index in [0.717, 1.165) is 0 Å². The van der Waals surface area contributed by atoms with E-state index in [1.54, 1.807) is 0 Å². The third-order valence-corrected chi connectivity index (χ3v) is 5.96. The Bertz CT molecular complexity index is 1320. The van der Waals surface area contributed by atoms with Gasteiger partial charge >= 0.3 is 30.2 Å². The van der Waals surface area contributed by atoms with Gasteiger partial charge in [-0.1, -0.05) is 73.9 Å². The molecule has 5 rings (SSSR count). The molecule has 0 aliphatic rings. The third kappa shape index (κ3) is 8.56. The first kappa shape index (κ1) is 36.7. The van der Waals surface area contributed by atoms with Crippen LogP contribution in [0.4, 0.5) is 0 Å². The first-order valence-electron chi connectivity index (χ1n) is 11.1. The second-order valence-electron chi connectivity index (χ2n) is 8.68. The van der Waals surface area contributed by atoms with Crippen molar-refractivity contribution in [1.29, 1.82) is 0 Å². The Morgan fingerprint density at radius 2 is 1.28 bits per heavy atom. The summed E-state index contributed by atoms with van der Waals surface area (Å²) in [5.41, 5.74) is 8.18. The van der Waals surface area contributed by atoms with E-state index >= 15 is 0 Å². The van der Waals surface area contributed by atoms with Crippen molar-refractivity contribution in [2.24, 2.45) is 0 Å². The van der Waals surface area contributed by atoms with Gasteiger partial charge in [0.25, 0.3) is 0 Å². The van der Waals surface area contributed by atoms with Gasteiger partial charge in [0.1, 0.15) is 0 Å². The number of benzene rings is 3. The molecule has 0 aliphatic carbocycles. The van der Waals surface area contributed by atoms with Crippen molar-refractivity contribution in [2.45, 2.75) is 40.5 Å². The fourth-order valence-corrected chi connectivity index (χ4v) is 4.28. The van der Waals surface area contributed by atoms with Gasteiger partial charge in [-0.2, -0.15) is 12.1 Å². The van der Waals surface area contributed by atoms with Crippen LogP contribution in [0, 0.1) is 35.6 Å². The van der Waals surface area contributed by atoms with Gasteiger partial charge in [-0.25, -0.2) is 0 Å². The van der Waals surface area contributed by atoms with E-state index in [9.17, 15) is 0 Å². The van der Waals surface area contributed by atoms with Crippen LogP contribution in [0.25, 0.3) is 32.7 Å². The van der Waals surface area contributed by atoms with Crippen molar-refractivity contribution in [1.82, 2.24) is 0 Å². The number of rotatable bonds is 2. The molecule has 0 saturated carbocycles. The van der Waals surface area contributed by atoms with Gasteiger partial charge in [0, 0.05) is 0 Å². The Balaban J connectivity index is 0. The van der Waals surface area contributed by atoms with Crippen LogP contribution >= 0.6 is 24.8 Å². The van der Waals surface area contributed by atoms with Crippen LogP contribution in [0.5, 0.6) is 0 Å². The molecular formula is C32H38Cl2SiZr-4. The quantitative estimate of drug-likeness (QED) is 0.137. The van der Waals surface area contributed by atoms with Crippen molar-refractivity contribution in [2.75, 3.05) is 0 Å². The van der Waals surface area contributed by atoms with Crippen LogP contribution in [0.3, 0.4) is 0 Å². The normalized spacial score (nSPS) is 9.36. The molecular weight excluding hydrogens is 575 g/mol. The molecule has 0 atom stereocenters. The summed E-state index contributed by atoms with van der Waals surface area (Å²) in [7, 11) is 0. The molecule has 36 heavy (non-hydrogen) atoms.